The summed E-state index contributed by atoms with van der Waals surface area (Å²) in [6, 6.07) is 1.79. The number of carbonyl (C=O) groups excluding carboxylic acids is 3. The Morgan fingerprint density at radius 1 is 1.21 bits per heavy atom. The second-order valence-corrected chi connectivity index (χ2v) is 10.5. The number of ketones is 2. The Bertz CT molecular complexity index is 1120. The van der Waals surface area contributed by atoms with Crippen LogP contribution >= 0.6 is 0 Å². The number of aromatic hydroxyl groups is 1. The van der Waals surface area contributed by atoms with Gasteiger partial charge in [0.15, 0.2) is 17.2 Å². The van der Waals surface area contributed by atoms with Gasteiger partial charge in [-0.05, 0) is 47.8 Å². The third-order valence-corrected chi connectivity index (χ3v) is 7.51. The monoisotopic (exact) mass is 458 g/mol. The van der Waals surface area contributed by atoms with Crippen molar-refractivity contribution in [3.8, 4) is 5.75 Å². The van der Waals surface area contributed by atoms with Gasteiger partial charge in [-0.25, -0.2) is 0 Å². The minimum absolute atomic E-state index is 0.0115. The van der Waals surface area contributed by atoms with E-state index < -0.39 is 58.1 Å². The van der Waals surface area contributed by atoms with E-state index in [9.17, 15) is 34.8 Å². The number of hydrogen-bond acceptors (Lipinski definition) is 8. The normalized spacial score (nSPS) is 31.7. The molecule has 1 fully saturated rings. The molecule has 0 saturated heterocycles. The van der Waals surface area contributed by atoms with Crippen molar-refractivity contribution in [2.75, 3.05) is 0 Å². The van der Waals surface area contributed by atoms with Crippen LogP contribution in [0.1, 0.15) is 60.7 Å². The van der Waals surface area contributed by atoms with Crippen LogP contribution in [0.4, 0.5) is 0 Å². The fraction of sp³-hybridized carbons (Fsp3) is 0.542. The van der Waals surface area contributed by atoms with Gasteiger partial charge in [0.2, 0.25) is 5.91 Å². The van der Waals surface area contributed by atoms with Crippen LogP contribution in [0, 0.1) is 17.8 Å². The summed E-state index contributed by atoms with van der Waals surface area (Å²) in [6.45, 7) is 5.78. The van der Waals surface area contributed by atoms with Crippen LogP contribution in [0.5, 0.6) is 5.75 Å². The molecule has 5 atom stereocenters. The topological polar surface area (TPSA) is 184 Å². The molecule has 1 amide bonds. The first kappa shape index (κ1) is 23.4. The highest BCUT2D eigenvalue weighted by atomic mass is 16.3. The Kier molecular flexibility index (Phi) is 5.23. The number of carbonyl (C=O) groups is 3. The Balaban J connectivity index is 1.93. The van der Waals surface area contributed by atoms with Crippen molar-refractivity contribution in [1.29, 1.82) is 0 Å². The van der Waals surface area contributed by atoms with E-state index in [2.05, 4.69) is 0 Å². The van der Waals surface area contributed by atoms with Gasteiger partial charge in [0.25, 0.3) is 0 Å². The second kappa shape index (κ2) is 7.38. The molecule has 4 rings (SSSR count). The first-order valence-electron chi connectivity index (χ1n) is 11.1. The third kappa shape index (κ3) is 3.13. The lowest BCUT2D eigenvalue weighted by molar-refractivity contribution is -0.167. The SMILES string of the molecule is CC(C)(C)c1cc(CN)c2c(c1O)C(=O)C1=C(O)[C@]3(O)C(=O)C(C(N)=O)C(O)C[C@@H]3C[C@@H]1C2. The number of primary amides is 1. The molecule has 2 unspecified atom stereocenters. The lowest BCUT2D eigenvalue weighted by Crippen LogP contribution is -2.63. The molecule has 0 radical (unpaired) electrons. The van der Waals surface area contributed by atoms with Gasteiger partial charge in [0, 0.05) is 23.6 Å². The molecule has 1 saturated carbocycles. The molecule has 0 aromatic heterocycles. The van der Waals surface area contributed by atoms with Crippen molar-refractivity contribution < 1.29 is 34.8 Å². The Labute approximate surface area is 191 Å². The molecule has 8 N–H and O–H groups in total. The van der Waals surface area contributed by atoms with E-state index in [4.69, 9.17) is 11.5 Å². The number of benzene rings is 1. The van der Waals surface area contributed by atoms with Crippen molar-refractivity contribution >= 4 is 17.5 Å². The number of aliphatic hydroxyl groups excluding tert-OH is 2. The molecule has 1 aromatic carbocycles. The molecular formula is C24H30N2O7. The van der Waals surface area contributed by atoms with E-state index in [1.807, 2.05) is 20.8 Å². The summed E-state index contributed by atoms with van der Waals surface area (Å²) < 4.78 is 0. The zero-order chi connectivity index (χ0) is 24.6. The van der Waals surface area contributed by atoms with E-state index in [0.717, 1.165) is 0 Å². The number of fused-ring (bicyclic) bond motifs is 3. The van der Waals surface area contributed by atoms with Gasteiger partial charge < -0.3 is 31.9 Å². The number of phenols is 1. The van der Waals surface area contributed by atoms with Crippen molar-refractivity contribution in [3.63, 3.8) is 0 Å². The number of nitrogens with two attached hydrogens (primary N) is 2. The number of rotatable bonds is 2. The van der Waals surface area contributed by atoms with Gasteiger partial charge in [-0.2, -0.15) is 0 Å². The maximum absolute atomic E-state index is 13.7. The second-order valence-electron chi connectivity index (χ2n) is 10.5. The first-order chi connectivity index (χ1) is 15.2. The van der Waals surface area contributed by atoms with Crippen molar-refractivity contribution in [1.82, 2.24) is 0 Å². The molecule has 178 valence electrons. The van der Waals surface area contributed by atoms with Crippen molar-refractivity contribution in [2.45, 2.75) is 63.7 Å². The Morgan fingerprint density at radius 2 is 1.85 bits per heavy atom. The number of aliphatic hydroxyl groups is 3. The molecule has 0 bridgehead atoms. The summed E-state index contributed by atoms with van der Waals surface area (Å²) in [5, 5.41) is 43.8. The lowest BCUT2D eigenvalue weighted by Gasteiger charge is -2.48. The van der Waals surface area contributed by atoms with E-state index in [1.54, 1.807) is 6.07 Å². The minimum atomic E-state index is -2.51. The van der Waals surface area contributed by atoms with Crippen LogP contribution < -0.4 is 11.5 Å². The van der Waals surface area contributed by atoms with Gasteiger partial charge in [-0.1, -0.05) is 20.8 Å². The highest BCUT2D eigenvalue weighted by Gasteiger charge is 2.62. The summed E-state index contributed by atoms with van der Waals surface area (Å²) >= 11 is 0. The van der Waals surface area contributed by atoms with Crippen LogP contribution in [-0.2, 0) is 28.0 Å². The van der Waals surface area contributed by atoms with Crippen LogP contribution in [-0.4, -0.2) is 49.6 Å². The predicted octanol–water partition coefficient (Wildman–Crippen LogP) is 0.502. The van der Waals surface area contributed by atoms with Gasteiger partial charge in [-0.3, -0.25) is 14.4 Å². The smallest absolute Gasteiger partial charge is 0.230 e. The van der Waals surface area contributed by atoms with Gasteiger partial charge in [0.1, 0.15) is 17.4 Å². The summed E-state index contributed by atoms with van der Waals surface area (Å²) in [7, 11) is 0. The minimum Gasteiger partial charge on any atom is -0.508 e. The molecule has 33 heavy (non-hydrogen) atoms. The van der Waals surface area contributed by atoms with Gasteiger partial charge in [0.05, 0.1) is 11.7 Å². The van der Waals surface area contributed by atoms with Gasteiger partial charge in [-0.15, -0.1) is 0 Å². The quantitative estimate of drug-likeness (QED) is 0.346. The fourth-order valence-corrected chi connectivity index (χ4v) is 5.83. The van der Waals surface area contributed by atoms with Crippen LogP contribution in [0.15, 0.2) is 17.4 Å². The van der Waals surface area contributed by atoms with Crippen LogP contribution in [0.2, 0.25) is 0 Å². The zero-order valence-corrected chi connectivity index (χ0v) is 18.9. The molecule has 3 aliphatic rings. The summed E-state index contributed by atoms with van der Waals surface area (Å²) in [5.74, 6) is -7.09. The number of allylic oxidation sites excluding steroid dienone is 1. The standard InChI is InChI=1S/C24H30N2O7/c1-23(2,3)13-6-10(8-25)12-5-9-4-11-7-14(27)17(22(26)32)21(31)24(11,33)20(30)15(9)19(29)16(12)18(13)28/h6,9,11,14,17,27-28,30,33H,4-5,7-8,25H2,1-3H3,(H2,26,32)/t9-,11+,14?,17?,24+/m1/s1. The highest BCUT2D eigenvalue weighted by Crippen LogP contribution is 2.52. The van der Waals surface area contributed by atoms with Crippen LogP contribution in [0.25, 0.3) is 0 Å². The van der Waals surface area contributed by atoms with Crippen molar-refractivity contribution in [2.24, 2.45) is 29.2 Å². The van der Waals surface area contributed by atoms with E-state index in [-0.39, 0.29) is 42.7 Å². The third-order valence-electron chi connectivity index (χ3n) is 7.51. The summed E-state index contributed by atoms with van der Waals surface area (Å²) in [6.07, 6.45) is -1.13. The maximum atomic E-state index is 13.7. The number of amides is 1. The number of hydrogen-bond donors (Lipinski definition) is 6. The number of phenolic OH excluding ortho intramolecular Hbond substituents is 1. The molecule has 3 aliphatic carbocycles. The average molecular weight is 459 g/mol. The predicted molar refractivity (Wildman–Crippen MR) is 117 cm³/mol. The van der Waals surface area contributed by atoms with E-state index >= 15 is 0 Å². The molecule has 0 spiro atoms. The maximum Gasteiger partial charge on any atom is 0.230 e. The first-order valence-corrected chi connectivity index (χ1v) is 11.1. The molecule has 0 aliphatic heterocycles. The summed E-state index contributed by atoms with van der Waals surface area (Å²) in [4.78, 5) is 38.5. The molecular weight excluding hydrogens is 428 g/mol. The Hall–Kier alpha value is -2.75. The van der Waals surface area contributed by atoms with E-state index in [1.165, 1.54) is 0 Å². The largest absolute Gasteiger partial charge is 0.508 e. The molecule has 0 heterocycles. The summed E-state index contributed by atoms with van der Waals surface area (Å²) in [5.41, 5.74) is 9.88. The molecule has 9 nitrogen and oxygen atoms in total. The average Bonchev–Trinajstić information content (AvgIpc) is 2.69. The number of Topliss-reactive ketones (excluding diaryl/α,β-unsaturated/α-hetero) is 2. The van der Waals surface area contributed by atoms with Crippen LogP contribution in [0.3, 0.4) is 0 Å². The highest BCUT2D eigenvalue weighted by molar-refractivity contribution is 6.15. The Morgan fingerprint density at radius 3 is 2.39 bits per heavy atom. The molecule has 9 heteroatoms. The van der Waals surface area contributed by atoms with Crippen molar-refractivity contribution in [3.05, 3.63) is 39.7 Å². The fourth-order valence-electron chi connectivity index (χ4n) is 5.83. The zero-order valence-electron chi connectivity index (χ0n) is 18.9. The van der Waals surface area contributed by atoms with Gasteiger partial charge >= 0.3 is 0 Å². The lowest BCUT2D eigenvalue weighted by atomic mass is 9.57. The van der Waals surface area contributed by atoms with E-state index in [0.29, 0.717) is 16.7 Å². The molecule has 1 aromatic rings.